The van der Waals surface area contributed by atoms with Gasteiger partial charge in [-0.25, -0.2) is 9.59 Å². The third-order valence-electron chi connectivity index (χ3n) is 7.00. The molecule has 0 spiro atoms. The minimum absolute atomic E-state index is 0.0137. The van der Waals surface area contributed by atoms with Crippen LogP contribution in [0, 0.1) is 5.92 Å². The van der Waals surface area contributed by atoms with E-state index in [0.29, 0.717) is 54.3 Å². The molecule has 0 radical (unpaired) electrons. The normalized spacial score (nSPS) is 14.5. The molecule has 0 unspecified atom stereocenters. The van der Waals surface area contributed by atoms with E-state index < -0.39 is 36.0 Å². The first-order valence-electron chi connectivity index (χ1n) is 14.4. The number of amides is 3. The van der Waals surface area contributed by atoms with Crippen molar-refractivity contribution in [1.29, 1.82) is 0 Å². The van der Waals surface area contributed by atoms with Crippen molar-refractivity contribution in [2.75, 3.05) is 32.9 Å². The Bertz CT molecular complexity index is 1470. The average molecular weight is 671 g/mol. The largest absolute Gasteiger partial charge is 0.483 e. The fraction of sp³-hybridized carbons (Fsp3) is 0.375. The summed E-state index contributed by atoms with van der Waals surface area (Å²) in [5.74, 6) is -1.50. The average Bonchev–Trinajstić information content (AvgIpc) is 3.01. The molecule has 2 atom stereocenters. The van der Waals surface area contributed by atoms with E-state index in [1.807, 2.05) is 44.2 Å². The molecular weight excluding hydrogens is 634 g/mol. The first-order chi connectivity index (χ1) is 21.1. The SMILES string of the molecule is CC(C)C[C@H](NC(=O)COc1ccc2ccccc2c1Br)C(=O)N[C@@H](Cc1ccc(OC(=O)N2CCOCC2)cc1)C(=O)O. The number of nitrogens with zero attached hydrogens (tertiary/aromatic N) is 1. The molecule has 0 aliphatic carbocycles. The molecule has 4 rings (SSSR count). The van der Waals surface area contributed by atoms with Gasteiger partial charge >= 0.3 is 12.1 Å². The van der Waals surface area contributed by atoms with Gasteiger partial charge in [0.2, 0.25) is 5.91 Å². The molecule has 234 valence electrons. The molecule has 1 aliphatic rings. The zero-order valence-electron chi connectivity index (χ0n) is 24.6. The van der Waals surface area contributed by atoms with Gasteiger partial charge < -0.3 is 34.9 Å². The Morgan fingerprint density at radius 2 is 1.66 bits per heavy atom. The molecule has 0 aromatic heterocycles. The van der Waals surface area contributed by atoms with Crippen molar-refractivity contribution in [3.63, 3.8) is 0 Å². The summed E-state index contributed by atoms with van der Waals surface area (Å²) in [6.45, 7) is 5.27. The Morgan fingerprint density at radius 3 is 2.34 bits per heavy atom. The number of aliphatic carboxylic acids is 1. The van der Waals surface area contributed by atoms with Gasteiger partial charge in [0.15, 0.2) is 6.61 Å². The number of morpholine rings is 1. The number of benzene rings is 3. The number of carbonyl (C=O) groups excluding carboxylic acids is 3. The van der Waals surface area contributed by atoms with Crippen LogP contribution in [0.1, 0.15) is 25.8 Å². The van der Waals surface area contributed by atoms with Gasteiger partial charge in [0.25, 0.3) is 5.91 Å². The number of carboxylic acid groups (broad SMARTS) is 1. The van der Waals surface area contributed by atoms with E-state index in [-0.39, 0.29) is 18.9 Å². The number of fused-ring (bicyclic) bond motifs is 1. The summed E-state index contributed by atoms with van der Waals surface area (Å²) in [6.07, 6.45) is -0.197. The second-order valence-electron chi connectivity index (χ2n) is 10.9. The smallest absolute Gasteiger partial charge is 0.415 e. The number of ether oxygens (including phenoxy) is 3. The zero-order valence-corrected chi connectivity index (χ0v) is 26.2. The number of rotatable bonds is 12. The van der Waals surface area contributed by atoms with Gasteiger partial charge in [0.1, 0.15) is 23.6 Å². The van der Waals surface area contributed by atoms with Crippen LogP contribution in [0.2, 0.25) is 0 Å². The Balaban J connectivity index is 1.33. The summed E-state index contributed by atoms with van der Waals surface area (Å²) in [6, 6.07) is 15.6. The fourth-order valence-electron chi connectivity index (χ4n) is 4.72. The number of hydrogen-bond donors (Lipinski definition) is 3. The fourth-order valence-corrected chi connectivity index (χ4v) is 5.33. The predicted molar refractivity (Wildman–Crippen MR) is 167 cm³/mol. The molecule has 3 aromatic rings. The van der Waals surface area contributed by atoms with Crippen molar-refractivity contribution in [3.8, 4) is 11.5 Å². The first-order valence-corrected chi connectivity index (χ1v) is 15.2. The van der Waals surface area contributed by atoms with Crippen molar-refractivity contribution in [1.82, 2.24) is 15.5 Å². The topological polar surface area (TPSA) is 143 Å². The molecule has 0 bridgehead atoms. The minimum Gasteiger partial charge on any atom is -0.483 e. The lowest BCUT2D eigenvalue weighted by Gasteiger charge is -2.25. The van der Waals surface area contributed by atoms with Crippen molar-refractivity contribution in [2.24, 2.45) is 5.92 Å². The highest BCUT2D eigenvalue weighted by atomic mass is 79.9. The standard InChI is InChI=1S/C32H36BrN3O8/c1-20(2)17-25(34-28(37)19-43-27-12-9-22-5-3-4-6-24(22)29(27)33)30(38)35-26(31(39)40)18-21-7-10-23(11-8-21)44-32(41)36-13-15-42-16-14-36/h3-12,20,25-26H,13-19H2,1-2H3,(H,34,37)(H,35,38)(H,39,40)/t25-,26-/m0/s1. The maximum absolute atomic E-state index is 13.2. The quantitative estimate of drug-likeness (QED) is 0.261. The molecule has 12 heteroatoms. The summed E-state index contributed by atoms with van der Waals surface area (Å²) in [5, 5.41) is 17.1. The number of hydrogen-bond acceptors (Lipinski definition) is 7. The van der Waals surface area contributed by atoms with Gasteiger partial charge in [0.05, 0.1) is 17.7 Å². The Hall–Kier alpha value is -4.16. The van der Waals surface area contributed by atoms with Crippen LogP contribution in [0.4, 0.5) is 4.79 Å². The van der Waals surface area contributed by atoms with Crippen LogP contribution in [-0.4, -0.2) is 78.9 Å². The Morgan fingerprint density at radius 1 is 0.955 bits per heavy atom. The van der Waals surface area contributed by atoms with Crippen molar-refractivity contribution in [3.05, 3.63) is 70.7 Å². The van der Waals surface area contributed by atoms with Gasteiger partial charge in [-0.2, -0.15) is 0 Å². The van der Waals surface area contributed by atoms with Crippen LogP contribution in [0.5, 0.6) is 11.5 Å². The van der Waals surface area contributed by atoms with Crippen molar-refractivity contribution in [2.45, 2.75) is 38.8 Å². The van der Waals surface area contributed by atoms with Crippen LogP contribution in [0.3, 0.4) is 0 Å². The summed E-state index contributed by atoms with van der Waals surface area (Å²) in [7, 11) is 0. The highest BCUT2D eigenvalue weighted by molar-refractivity contribution is 9.10. The van der Waals surface area contributed by atoms with E-state index in [9.17, 15) is 24.3 Å². The van der Waals surface area contributed by atoms with Gasteiger partial charge in [-0.15, -0.1) is 0 Å². The lowest BCUT2D eigenvalue weighted by molar-refractivity contribution is -0.142. The molecule has 1 heterocycles. The van der Waals surface area contributed by atoms with Crippen LogP contribution >= 0.6 is 15.9 Å². The summed E-state index contributed by atoms with van der Waals surface area (Å²) >= 11 is 3.53. The Kier molecular flexibility index (Phi) is 11.6. The highest BCUT2D eigenvalue weighted by Gasteiger charge is 2.28. The number of halogens is 1. The van der Waals surface area contributed by atoms with Gasteiger partial charge in [-0.3, -0.25) is 9.59 Å². The van der Waals surface area contributed by atoms with Crippen LogP contribution in [-0.2, 0) is 25.5 Å². The first kappa shape index (κ1) is 32.7. The lowest BCUT2D eigenvalue weighted by atomic mass is 10.0. The molecule has 3 N–H and O–H groups in total. The van der Waals surface area contributed by atoms with E-state index in [1.165, 1.54) is 0 Å². The summed E-state index contributed by atoms with van der Waals surface area (Å²) in [4.78, 5) is 52.0. The van der Waals surface area contributed by atoms with Crippen molar-refractivity contribution < 1.29 is 38.5 Å². The maximum Gasteiger partial charge on any atom is 0.415 e. The third kappa shape index (κ3) is 9.17. The van der Waals surface area contributed by atoms with Crippen LogP contribution in [0.15, 0.2) is 65.1 Å². The molecule has 1 fully saturated rings. The highest BCUT2D eigenvalue weighted by Crippen LogP contribution is 2.33. The second-order valence-corrected chi connectivity index (χ2v) is 11.6. The molecule has 3 amide bonds. The maximum atomic E-state index is 13.2. The molecule has 0 saturated carbocycles. The van der Waals surface area contributed by atoms with Crippen LogP contribution < -0.4 is 20.1 Å². The third-order valence-corrected chi connectivity index (χ3v) is 7.82. The van der Waals surface area contributed by atoms with E-state index in [4.69, 9.17) is 14.2 Å². The van der Waals surface area contributed by atoms with E-state index in [0.717, 1.165) is 10.8 Å². The minimum atomic E-state index is -1.25. The van der Waals surface area contributed by atoms with Crippen LogP contribution in [0.25, 0.3) is 10.8 Å². The lowest BCUT2D eigenvalue weighted by Crippen LogP contribution is -2.53. The molecule has 3 aromatic carbocycles. The number of nitrogens with one attached hydrogen (secondary N) is 2. The summed E-state index contributed by atoms with van der Waals surface area (Å²) < 4.78 is 17.1. The Labute approximate surface area is 264 Å². The second kappa shape index (κ2) is 15.5. The van der Waals surface area contributed by atoms with Gasteiger partial charge in [-0.05, 0) is 62.8 Å². The molecular formula is C32H36BrN3O8. The van der Waals surface area contributed by atoms with E-state index in [1.54, 1.807) is 35.2 Å². The molecule has 1 aliphatic heterocycles. The number of carbonyl (C=O) groups is 4. The van der Waals surface area contributed by atoms with E-state index in [2.05, 4.69) is 26.6 Å². The predicted octanol–water partition coefficient (Wildman–Crippen LogP) is 4.16. The molecule has 11 nitrogen and oxygen atoms in total. The van der Waals surface area contributed by atoms with E-state index >= 15 is 0 Å². The monoisotopic (exact) mass is 669 g/mol. The van der Waals surface area contributed by atoms with Gasteiger partial charge in [-0.1, -0.05) is 56.3 Å². The number of carboxylic acids is 1. The summed E-state index contributed by atoms with van der Waals surface area (Å²) in [5.41, 5.74) is 0.614. The van der Waals surface area contributed by atoms with Gasteiger partial charge in [0, 0.05) is 19.5 Å². The van der Waals surface area contributed by atoms with Crippen molar-refractivity contribution >= 4 is 50.6 Å². The molecule has 1 saturated heterocycles. The zero-order chi connectivity index (χ0) is 31.6. The molecule has 44 heavy (non-hydrogen) atoms.